The Bertz CT molecular complexity index is 262. The number of hydrogen-bond donors (Lipinski definition) is 0. The first kappa shape index (κ1) is 8.91. The maximum absolute atomic E-state index is 12.4. The maximum atomic E-state index is 12.4. The number of halogens is 1. The standard InChI is InChI=1S/C10H12FN/c1-8(2)7-12-10-5-3-9(11)4-6-10/h3-8H,1-2H3. The lowest BCUT2D eigenvalue weighted by Gasteiger charge is -1.94. The third-order valence-corrected chi connectivity index (χ3v) is 1.35. The molecule has 0 aliphatic carbocycles. The number of aliphatic imine (C=N–C) groups is 1. The van der Waals surface area contributed by atoms with Crippen molar-refractivity contribution in [2.75, 3.05) is 0 Å². The van der Waals surface area contributed by atoms with Gasteiger partial charge in [0.1, 0.15) is 5.82 Å². The molecule has 0 aromatic heterocycles. The Kier molecular flexibility index (Phi) is 2.97. The van der Waals surface area contributed by atoms with Gasteiger partial charge in [-0.1, -0.05) is 13.8 Å². The van der Waals surface area contributed by atoms with Gasteiger partial charge >= 0.3 is 0 Å². The Hall–Kier alpha value is -1.18. The van der Waals surface area contributed by atoms with Gasteiger partial charge in [0.25, 0.3) is 0 Å². The van der Waals surface area contributed by atoms with Gasteiger partial charge in [-0.25, -0.2) is 4.39 Å². The van der Waals surface area contributed by atoms with Crippen molar-refractivity contribution in [3.8, 4) is 0 Å². The van der Waals surface area contributed by atoms with Crippen LogP contribution < -0.4 is 0 Å². The molecule has 64 valence electrons. The molecule has 1 nitrogen and oxygen atoms in total. The number of hydrogen-bond acceptors (Lipinski definition) is 1. The van der Waals surface area contributed by atoms with Crippen LogP contribution in [0.1, 0.15) is 13.8 Å². The molecule has 0 saturated heterocycles. The van der Waals surface area contributed by atoms with Crippen LogP contribution in [0.25, 0.3) is 0 Å². The Morgan fingerprint density at radius 3 is 2.33 bits per heavy atom. The minimum atomic E-state index is -0.224. The number of nitrogens with zero attached hydrogens (tertiary/aromatic N) is 1. The molecule has 0 saturated carbocycles. The van der Waals surface area contributed by atoms with Gasteiger partial charge in [-0.2, -0.15) is 0 Å². The lowest BCUT2D eigenvalue weighted by Crippen LogP contribution is -1.85. The summed E-state index contributed by atoms with van der Waals surface area (Å²) in [5.41, 5.74) is 0.796. The maximum Gasteiger partial charge on any atom is 0.123 e. The van der Waals surface area contributed by atoms with E-state index in [1.54, 1.807) is 12.1 Å². The van der Waals surface area contributed by atoms with E-state index >= 15 is 0 Å². The summed E-state index contributed by atoms with van der Waals surface area (Å²) in [5.74, 6) is 0.202. The molecule has 0 atom stereocenters. The second-order valence-electron chi connectivity index (χ2n) is 3.00. The molecule has 0 aliphatic heterocycles. The fraction of sp³-hybridized carbons (Fsp3) is 0.300. The molecule has 0 N–H and O–H groups in total. The molecule has 12 heavy (non-hydrogen) atoms. The molecular formula is C10H12FN. The van der Waals surface area contributed by atoms with Crippen molar-refractivity contribution in [1.82, 2.24) is 0 Å². The highest BCUT2D eigenvalue weighted by Gasteiger charge is 1.90. The molecule has 0 aliphatic rings. The summed E-state index contributed by atoms with van der Waals surface area (Å²) in [6, 6.07) is 6.14. The Labute approximate surface area is 72.0 Å². The van der Waals surface area contributed by atoms with Crippen molar-refractivity contribution in [1.29, 1.82) is 0 Å². The molecule has 0 fully saturated rings. The molecule has 0 radical (unpaired) electrons. The van der Waals surface area contributed by atoms with E-state index in [1.807, 2.05) is 20.1 Å². The SMILES string of the molecule is CC(C)C=Nc1ccc(F)cc1. The molecule has 1 rings (SSSR count). The highest BCUT2D eigenvalue weighted by atomic mass is 19.1. The monoisotopic (exact) mass is 165 g/mol. The number of benzene rings is 1. The van der Waals surface area contributed by atoms with Crippen LogP contribution in [0.2, 0.25) is 0 Å². The summed E-state index contributed by atoms with van der Waals surface area (Å²) in [5, 5.41) is 0. The first-order chi connectivity index (χ1) is 5.68. The van der Waals surface area contributed by atoms with E-state index in [9.17, 15) is 4.39 Å². The molecular weight excluding hydrogens is 153 g/mol. The largest absolute Gasteiger partial charge is 0.261 e. The Morgan fingerprint density at radius 2 is 1.83 bits per heavy atom. The van der Waals surface area contributed by atoms with Crippen molar-refractivity contribution >= 4 is 11.9 Å². The average molecular weight is 165 g/mol. The van der Waals surface area contributed by atoms with Crippen molar-refractivity contribution in [2.24, 2.45) is 10.9 Å². The van der Waals surface area contributed by atoms with Gasteiger partial charge in [0, 0.05) is 6.21 Å². The lowest BCUT2D eigenvalue weighted by molar-refractivity contribution is 0.628. The van der Waals surface area contributed by atoms with Crippen LogP contribution >= 0.6 is 0 Å². The predicted octanol–water partition coefficient (Wildman–Crippen LogP) is 3.18. The van der Waals surface area contributed by atoms with Gasteiger partial charge in [0.05, 0.1) is 5.69 Å². The molecule has 0 amide bonds. The van der Waals surface area contributed by atoms with E-state index in [-0.39, 0.29) is 5.82 Å². The topological polar surface area (TPSA) is 12.4 Å². The fourth-order valence-electron chi connectivity index (χ4n) is 0.762. The predicted molar refractivity (Wildman–Crippen MR) is 49.4 cm³/mol. The van der Waals surface area contributed by atoms with E-state index in [1.165, 1.54) is 12.1 Å². The molecule has 0 unspecified atom stereocenters. The van der Waals surface area contributed by atoms with E-state index in [4.69, 9.17) is 0 Å². The van der Waals surface area contributed by atoms with Crippen LogP contribution in [0.5, 0.6) is 0 Å². The Balaban J connectivity index is 2.71. The van der Waals surface area contributed by atoms with Crippen molar-refractivity contribution in [3.05, 3.63) is 30.1 Å². The highest BCUT2D eigenvalue weighted by Crippen LogP contribution is 2.11. The molecule has 1 aromatic carbocycles. The zero-order chi connectivity index (χ0) is 8.97. The van der Waals surface area contributed by atoms with Crippen molar-refractivity contribution in [2.45, 2.75) is 13.8 Å². The quantitative estimate of drug-likeness (QED) is 0.597. The Morgan fingerprint density at radius 1 is 1.25 bits per heavy atom. The summed E-state index contributed by atoms with van der Waals surface area (Å²) in [6.07, 6.45) is 1.84. The zero-order valence-electron chi connectivity index (χ0n) is 7.29. The first-order valence-corrected chi connectivity index (χ1v) is 3.98. The van der Waals surface area contributed by atoms with E-state index in [2.05, 4.69) is 4.99 Å². The first-order valence-electron chi connectivity index (χ1n) is 3.98. The minimum Gasteiger partial charge on any atom is -0.261 e. The summed E-state index contributed by atoms with van der Waals surface area (Å²) in [4.78, 5) is 4.16. The van der Waals surface area contributed by atoms with E-state index in [0.717, 1.165) is 5.69 Å². The van der Waals surface area contributed by atoms with Crippen LogP contribution in [-0.2, 0) is 0 Å². The molecule has 1 aromatic rings. The summed E-state index contributed by atoms with van der Waals surface area (Å²) in [6.45, 7) is 4.10. The molecule has 0 bridgehead atoms. The second kappa shape index (κ2) is 4.00. The highest BCUT2D eigenvalue weighted by molar-refractivity contribution is 5.64. The van der Waals surface area contributed by atoms with Gasteiger partial charge in [-0.15, -0.1) is 0 Å². The van der Waals surface area contributed by atoms with Crippen LogP contribution in [0.3, 0.4) is 0 Å². The zero-order valence-corrected chi connectivity index (χ0v) is 7.29. The van der Waals surface area contributed by atoms with Crippen molar-refractivity contribution < 1.29 is 4.39 Å². The van der Waals surface area contributed by atoms with Gasteiger partial charge in [0.15, 0.2) is 0 Å². The summed E-state index contributed by atoms with van der Waals surface area (Å²) < 4.78 is 12.4. The van der Waals surface area contributed by atoms with Gasteiger partial charge in [-0.3, -0.25) is 4.99 Å². The summed E-state index contributed by atoms with van der Waals surface area (Å²) >= 11 is 0. The molecule has 0 spiro atoms. The van der Waals surface area contributed by atoms with Crippen LogP contribution in [0, 0.1) is 11.7 Å². The van der Waals surface area contributed by atoms with E-state index < -0.39 is 0 Å². The van der Waals surface area contributed by atoms with Crippen LogP contribution in [0.15, 0.2) is 29.3 Å². The molecule has 0 heterocycles. The van der Waals surface area contributed by atoms with Gasteiger partial charge < -0.3 is 0 Å². The second-order valence-corrected chi connectivity index (χ2v) is 3.00. The third kappa shape index (κ3) is 2.82. The normalized spacial score (nSPS) is 11.3. The molecule has 2 heteroatoms. The minimum absolute atomic E-state index is 0.224. The van der Waals surface area contributed by atoms with Crippen LogP contribution in [0.4, 0.5) is 10.1 Å². The number of rotatable bonds is 2. The van der Waals surface area contributed by atoms with E-state index in [0.29, 0.717) is 5.92 Å². The van der Waals surface area contributed by atoms with Crippen LogP contribution in [-0.4, -0.2) is 6.21 Å². The lowest BCUT2D eigenvalue weighted by atomic mass is 10.2. The fourth-order valence-corrected chi connectivity index (χ4v) is 0.762. The van der Waals surface area contributed by atoms with Crippen molar-refractivity contribution in [3.63, 3.8) is 0 Å². The smallest absolute Gasteiger partial charge is 0.123 e. The third-order valence-electron chi connectivity index (χ3n) is 1.35. The average Bonchev–Trinajstić information content (AvgIpc) is 2.03. The van der Waals surface area contributed by atoms with Gasteiger partial charge in [0.2, 0.25) is 0 Å². The summed E-state index contributed by atoms with van der Waals surface area (Å²) in [7, 11) is 0. The van der Waals surface area contributed by atoms with Gasteiger partial charge in [-0.05, 0) is 30.2 Å².